The van der Waals surface area contributed by atoms with Gasteiger partial charge in [-0.3, -0.25) is 4.79 Å². The summed E-state index contributed by atoms with van der Waals surface area (Å²) < 4.78 is 4.93. The van der Waals surface area contributed by atoms with E-state index in [1.807, 2.05) is 36.4 Å². The lowest BCUT2D eigenvalue weighted by Gasteiger charge is -2.08. The molecule has 3 rings (SSSR count). The Kier molecular flexibility index (Phi) is 8.26. The molecule has 0 spiro atoms. The Morgan fingerprint density at radius 1 is 1.00 bits per heavy atom. The zero-order valence-corrected chi connectivity index (χ0v) is 19.3. The number of rotatable bonds is 7. The highest BCUT2D eigenvalue weighted by Gasteiger charge is 2.12. The molecule has 0 atom stereocenters. The Bertz CT molecular complexity index is 1250. The van der Waals surface area contributed by atoms with Crippen LogP contribution in [0.15, 0.2) is 72.3 Å². The normalized spacial score (nSPS) is 10.9. The lowest BCUT2D eigenvalue weighted by molar-refractivity contribution is -0.112. The highest BCUT2D eigenvalue weighted by Crippen LogP contribution is 2.25. The van der Waals surface area contributed by atoms with Crippen LogP contribution in [0.1, 0.15) is 34.0 Å². The van der Waals surface area contributed by atoms with Crippen molar-refractivity contribution < 1.29 is 14.3 Å². The fourth-order valence-corrected chi connectivity index (χ4v) is 3.52. The Morgan fingerprint density at radius 2 is 1.70 bits per heavy atom. The van der Waals surface area contributed by atoms with Crippen molar-refractivity contribution in [2.75, 3.05) is 11.9 Å². The number of nitrogens with one attached hydrogen (secondary N) is 1. The first-order valence-corrected chi connectivity index (χ1v) is 10.9. The van der Waals surface area contributed by atoms with Gasteiger partial charge in [0.1, 0.15) is 11.6 Å². The summed E-state index contributed by atoms with van der Waals surface area (Å²) in [4.78, 5) is 24.3. The topological polar surface area (TPSA) is 79.2 Å². The van der Waals surface area contributed by atoms with Crippen LogP contribution < -0.4 is 5.32 Å². The van der Waals surface area contributed by atoms with E-state index in [9.17, 15) is 14.9 Å². The van der Waals surface area contributed by atoms with Gasteiger partial charge in [0.15, 0.2) is 0 Å². The summed E-state index contributed by atoms with van der Waals surface area (Å²) >= 11 is 12.7. The second-order valence-electron chi connectivity index (χ2n) is 7.04. The largest absolute Gasteiger partial charge is 0.462 e. The Labute approximate surface area is 202 Å². The molecule has 0 aliphatic carbocycles. The fraction of sp³-hybridized carbons (Fsp3) is 0.115. The van der Waals surface area contributed by atoms with Crippen molar-refractivity contribution in [1.29, 1.82) is 5.26 Å². The Hall–Kier alpha value is -3.59. The standard InChI is InChI=1S/C26H20Cl2N2O3/c1-2-33-26(32)18-9-11-22(12-10-18)30-25(31)21(16-29)13-17-7-8-20(24(28)14-17)15-19-5-3-4-6-23(19)27/h3-14H,2,15H2,1H3,(H,30,31)/b21-13+. The van der Waals surface area contributed by atoms with Crippen LogP contribution in [0.25, 0.3) is 6.08 Å². The summed E-state index contributed by atoms with van der Waals surface area (Å²) in [5.41, 5.74) is 3.19. The molecule has 33 heavy (non-hydrogen) atoms. The fourth-order valence-electron chi connectivity index (χ4n) is 3.06. The lowest BCUT2D eigenvalue weighted by Crippen LogP contribution is -2.13. The smallest absolute Gasteiger partial charge is 0.338 e. The van der Waals surface area contributed by atoms with E-state index in [1.54, 1.807) is 43.3 Å². The number of nitriles is 1. The summed E-state index contributed by atoms with van der Waals surface area (Å²) in [5.74, 6) is -1.01. The summed E-state index contributed by atoms with van der Waals surface area (Å²) in [6.45, 7) is 2.00. The van der Waals surface area contributed by atoms with Crippen molar-refractivity contribution in [2.45, 2.75) is 13.3 Å². The molecule has 0 heterocycles. The first kappa shape index (κ1) is 24.1. The van der Waals surface area contributed by atoms with E-state index >= 15 is 0 Å². The molecule has 3 aromatic rings. The molecule has 5 nitrogen and oxygen atoms in total. The maximum absolute atomic E-state index is 12.6. The van der Waals surface area contributed by atoms with E-state index in [2.05, 4.69) is 5.32 Å². The summed E-state index contributed by atoms with van der Waals surface area (Å²) in [5, 5.41) is 13.3. The molecule has 1 N–H and O–H groups in total. The maximum atomic E-state index is 12.6. The van der Waals surface area contributed by atoms with E-state index < -0.39 is 11.9 Å². The lowest BCUT2D eigenvalue weighted by atomic mass is 10.0. The highest BCUT2D eigenvalue weighted by molar-refractivity contribution is 6.32. The van der Waals surface area contributed by atoms with E-state index in [0.29, 0.717) is 33.3 Å². The predicted octanol–water partition coefficient (Wildman–Crippen LogP) is 6.31. The van der Waals surface area contributed by atoms with Crippen LogP contribution >= 0.6 is 23.2 Å². The number of hydrogen-bond acceptors (Lipinski definition) is 4. The van der Waals surface area contributed by atoms with Crippen molar-refractivity contribution in [3.05, 3.63) is 105 Å². The minimum absolute atomic E-state index is 0.0839. The second kappa shape index (κ2) is 11.3. The van der Waals surface area contributed by atoms with E-state index in [1.165, 1.54) is 6.08 Å². The SMILES string of the molecule is CCOC(=O)c1ccc(NC(=O)/C(C#N)=C/c2ccc(Cc3ccccc3Cl)c(Cl)c2)cc1. The number of amides is 1. The van der Waals surface area contributed by atoms with E-state index in [4.69, 9.17) is 27.9 Å². The van der Waals surface area contributed by atoms with Crippen molar-refractivity contribution in [3.63, 3.8) is 0 Å². The molecule has 0 aromatic heterocycles. The molecule has 0 saturated carbocycles. The number of hydrogen-bond donors (Lipinski definition) is 1. The number of esters is 1. The van der Waals surface area contributed by atoms with E-state index in [-0.39, 0.29) is 12.2 Å². The summed E-state index contributed by atoms with van der Waals surface area (Å²) in [6.07, 6.45) is 2.03. The maximum Gasteiger partial charge on any atom is 0.338 e. The number of carbonyl (C=O) groups excluding carboxylic acids is 2. The van der Waals surface area contributed by atoms with Gasteiger partial charge >= 0.3 is 5.97 Å². The van der Waals surface area contributed by atoms with Gasteiger partial charge in [-0.25, -0.2) is 4.79 Å². The first-order valence-electron chi connectivity index (χ1n) is 10.1. The van der Waals surface area contributed by atoms with Gasteiger partial charge in [0, 0.05) is 22.2 Å². The molecule has 0 bridgehead atoms. The minimum atomic E-state index is -0.572. The van der Waals surface area contributed by atoms with Crippen LogP contribution in [-0.4, -0.2) is 18.5 Å². The number of carbonyl (C=O) groups is 2. The van der Waals surface area contributed by atoms with Crippen molar-refractivity contribution in [2.24, 2.45) is 0 Å². The van der Waals surface area contributed by atoms with Crippen molar-refractivity contribution >= 4 is 46.8 Å². The van der Waals surface area contributed by atoms with E-state index in [0.717, 1.165) is 11.1 Å². The van der Waals surface area contributed by atoms with Gasteiger partial charge in [-0.1, -0.05) is 53.5 Å². The summed E-state index contributed by atoms with van der Waals surface area (Å²) in [7, 11) is 0. The van der Waals surface area contributed by atoms with Crippen molar-refractivity contribution in [1.82, 2.24) is 0 Å². The zero-order valence-electron chi connectivity index (χ0n) is 17.8. The number of halogens is 2. The molecule has 0 fully saturated rings. The number of benzene rings is 3. The molecule has 7 heteroatoms. The molecule has 0 saturated heterocycles. The third kappa shape index (κ3) is 6.45. The van der Waals surface area contributed by atoms with Crippen LogP contribution in [0.2, 0.25) is 10.0 Å². The van der Waals surface area contributed by atoms with Crippen LogP contribution in [0.5, 0.6) is 0 Å². The van der Waals surface area contributed by atoms with Gasteiger partial charge in [-0.15, -0.1) is 0 Å². The molecule has 3 aromatic carbocycles. The van der Waals surface area contributed by atoms with Gasteiger partial charge in [-0.05, 0) is 66.1 Å². The monoisotopic (exact) mass is 478 g/mol. The third-order valence-electron chi connectivity index (χ3n) is 4.75. The molecule has 1 amide bonds. The number of anilines is 1. The number of ether oxygens (including phenoxy) is 1. The molecule has 166 valence electrons. The average molecular weight is 479 g/mol. The molecular formula is C26H20Cl2N2O3. The predicted molar refractivity (Wildman–Crippen MR) is 130 cm³/mol. The molecular weight excluding hydrogens is 459 g/mol. The van der Waals surface area contributed by atoms with Gasteiger partial charge in [0.2, 0.25) is 0 Å². The molecule has 0 aliphatic rings. The van der Waals surface area contributed by atoms with Crippen LogP contribution in [-0.2, 0) is 16.0 Å². The van der Waals surface area contributed by atoms with Crippen LogP contribution in [0, 0.1) is 11.3 Å². The highest BCUT2D eigenvalue weighted by atomic mass is 35.5. The Balaban J connectivity index is 1.72. The quantitative estimate of drug-likeness (QED) is 0.245. The van der Waals surface area contributed by atoms with Crippen LogP contribution in [0.4, 0.5) is 5.69 Å². The van der Waals surface area contributed by atoms with Gasteiger partial charge in [-0.2, -0.15) is 5.26 Å². The van der Waals surface area contributed by atoms with Crippen molar-refractivity contribution in [3.8, 4) is 6.07 Å². The number of nitrogens with zero attached hydrogens (tertiary/aromatic N) is 1. The molecule has 0 aliphatic heterocycles. The van der Waals surface area contributed by atoms with Gasteiger partial charge in [0.05, 0.1) is 12.2 Å². The zero-order chi connectivity index (χ0) is 23.8. The third-order valence-corrected chi connectivity index (χ3v) is 5.47. The van der Waals surface area contributed by atoms with Gasteiger partial charge < -0.3 is 10.1 Å². The second-order valence-corrected chi connectivity index (χ2v) is 7.86. The minimum Gasteiger partial charge on any atom is -0.462 e. The molecule has 0 unspecified atom stereocenters. The van der Waals surface area contributed by atoms with Gasteiger partial charge in [0.25, 0.3) is 5.91 Å². The summed E-state index contributed by atoms with van der Waals surface area (Å²) in [6, 6.07) is 21.0. The first-order chi connectivity index (χ1) is 15.9. The molecule has 0 radical (unpaired) electrons. The average Bonchev–Trinajstić information content (AvgIpc) is 2.81. The van der Waals surface area contributed by atoms with Crippen LogP contribution in [0.3, 0.4) is 0 Å². The Morgan fingerprint density at radius 3 is 2.33 bits per heavy atom.